The van der Waals surface area contributed by atoms with E-state index < -0.39 is 0 Å². The van der Waals surface area contributed by atoms with E-state index in [1.165, 1.54) is 4.90 Å². The minimum absolute atomic E-state index is 0.00653. The van der Waals surface area contributed by atoms with Crippen molar-refractivity contribution in [1.29, 1.82) is 0 Å². The Morgan fingerprint density at radius 3 is 2.36 bits per heavy atom. The SMILES string of the molecule is CCOc1cc(C(=O)N(C)CC(=O)NC(C)C)ccc1OCC(C)C. The van der Waals surface area contributed by atoms with Gasteiger partial charge in [0.25, 0.3) is 5.91 Å². The van der Waals surface area contributed by atoms with Crippen LogP contribution in [0.15, 0.2) is 18.2 Å². The van der Waals surface area contributed by atoms with Crippen LogP contribution in [0.1, 0.15) is 45.0 Å². The van der Waals surface area contributed by atoms with Gasteiger partial charge in [-0.25, -0.2) is 0 Å². The molecule has 1 aromatic rings. The summed E-state index contributed by atoms with van der Waals surface area (Å²) in [5.41, 5.74) is 0.459. The Labute approximate surface area is 150 Å². The van der Waals surface area contributed by atoms with Crippen LogP contribution in [-0.4, -0.2) is 49.6 Å². The van der Waals surface area contributed by atoms with Gasteiger partial charge in [0, 0.05) is 18.7 Å². The van der Waals surface area contributed by atoms with Gasteiger partial charge in [-0.2, -0.15) is 0 Å². The number of likely N-dealkylation sites (N-methyl/N-ethyl adjacent to an activating group) is 1. The Bertz CT molecular complexity index is 585. The quantitative estimate of drug-likeness (QED) is 0.743. The number of ether oxygens (including phenoxy) is 2. The summed E-state index contributed by atoms with van der Waals surface area (Å²) >= 11 is 0. The summed E-state index contributed by atoms with van der Waals surface area (Å²) in [6, 6.07) is 5.14. The number of benzene rings is 1. The van der Waals surface area contributed by atoms with E-state index in [4.69, 9.17) is 9.47 Å². The Morgan fingerprint density at radius 1 is 1.12 bits per heavy atom. The molecule has 0 fully saturated rings. The molecule has 140 valence electrons. The van der Waals surface area contributed by atoms with Gasteiger partial charge in [-0.05, 0) is 44.9 Å². The van der Waals surface area contributed by atoms with Crippen LogP contribution in [-0.2, 0) is 4.79 Å². The molecule has 0 radical (unpaired) electrons. The van der Waals surface area contributed by atoms with E-state index in [1.807, 2.05) is 20.8 Å². The third-order valence-electron chi connectivity index (χ3n) is 3.24. The molecule has 0 bridgehead atoms. The lowest BCUT2D eigenvalue weighted by molar-refractivity contribution is -0.122. The maximum absolute atomic E-state index is 12.5. The number of nitrogens with one attached hydrogen (secondary N) is 1. The Hall–Kier alpha value is -2.24. The van der Waals surface area contributed by atoms with Crippen molar-refractivity contribution in [2.45, 2.75) is 40.7 Å². The molecule has 0 unspecified atom stereocenters. The molecule has 0 spiro atoms. The van der Waals surface area contributed by atoms with Crippen LogP contribution in [0.5, 0.6) is 11.5 Å². The summed E-state index contributed by atoms with van der Waals surface area (Å²) in [6.45, 7) is 10.8. The first-order valence-electron chi connectivity index (χ1n) is 8.69. The van der Waals surface area contributed by atoms with Gasteiger partial charge < -0.3 is 19.7 Å². The molecule has 0 aromatic heterocycles. The lowest BCUT2D eigenvalue weighted by atomic mass is 10.1. The number of nitrogens with zero attached hydrogens (tertiary/aromatic N) is 1. The van der Waals surface area contributed by atoms with Gasteiger partial charge in [0.15, 0.2) is 11.5 Å². The van der Waals surface area contributed by atoms with Crippen molar-refractivity contribution >= 4 is 11.8 Å². The molecule has 6 heteroatoms. The van der Waals surface area contributed by atoms with Gasteiger partial charge in [-0.1, -0.05) is 13.8 Å². The van der Waals surface area contributed by atoms with Crippen LogP contribution in [0, 0.1) is 5.92 Å². The summed E-state index contributed by atoms with van der Waals surface area (Å²) < 4.78 is 11.3. The number of carbonyl (C=O) groups excluding carboxylic acids is 2. The number of amides is 2. The van der Waals surface area contributed by atoms with E-state index in [0.29, 0.717) is 36.2 Å². The molecule has 0 atom stereocenters. The highest BCUT2D eigenvalue weighted by Gasteiger charge is 2.18. The first-order chi connectivity index (χ1) is 11.7. The van der Waals surface area contributed by atoms with Crippen molar-refractivity contribution in [3.8, 4) is 11.5 Å². The molecular weight excluding hydrogens is 320 g/mol. The molecule has 0 saturated heterocycles. The molecular formula is C19H30N2O4. The molecule has 0 heterocycles. The van der Waals surface area contributed by atoms with Crippen molar-refractivity contribution in [3.63, 3.8) is 0 Å². The van der Waals surface area contributed by atoms with Crippen LogP contribution >= 0.6 is 0 Å². The first-order valence-corrected chi connectivity index (χ1v) is 8.69. The van der Waals surface area contributed by atoms with Crippen molar-refractivity contribution in [2.75, 3.05) is 26.8 Å². The van der Waals surface area contributed by atoms with E-state index in [-0.39, 0.29) is 24.4 Å². The second-order valence-corrected chi connectivity index (χ2v) is 6.68. The minimum atomic E-state index is -0.240. The van der Waals surface area contributed by atoms with Crippen molar-refractivity contribution < 1.29 is 19.1 Å². The smallest absolute Gasteiger partial charge is 0.254 e. The predicted molar refractivity (Wildman–Crippen MR) is 98.2 cm³/mol. The van der Waals surface area contributed by atoms with Crippen molar-refractivity contribution in [2.24, 2.45) is 5.92 Å². The lowest BCUT2D eigenvalue weighted by Crippen LogP contribution is -2.40. The predicted octanol–water partition coefficient (Wildman–Crippen LogP) is 2.72. The second-order valence-electron chi connectivity index (χ2n) is 6.68. The molecule has 1 N–H and O–H groups in total. The van der Waals surface area contributed by atoms with Gasteiger partial charge in [-0.15, -0.1) is 0 Å². The summed E-state index contributed by atoms with van der Waals surface area (Å²) in [6.07, 6.45) is 0. The third kappa shape index (κ3) is 7.03. The fourth-order valence-electron chi connectivity index (χ4n) is 2.16. The van der Waals surface area contributed by atoms with E-state index in [2.05, 4.69) is 19.2 Å². The van der Waals surface area contributed by atoms with Crippen LogP contribution in [0.4, 0.5) is 0 Å². The molecule has 1 aromatic carbocycles. The van der Waals surface area contributed by atoms with Gasteiger partial charge >= 0.3 is 0 Å². The zero-order chi connectivity index (χ0) is 19.0. The molecule has 2 amide bonds. The summed E-state index contributed by atoms with van der Waals surface area (Å²) in [4.78, 5) is 25.8. The normalized spacial score (nSPS) is 10.7. The topological polar surface area (TPSA) is 67.9 Å². The number of hydrogen-bond donors (Lipinski definition) is 1. The maximum atomic E-state index is 12.5. The van der Waals surface area contributed by atoms with Gasteiger partial charge in [-0.3, -0.25) is 9.59 Å². The number of carbonyl (C=O) groups is 2. The zero-order valence-corrected chi connectivity index (χ0v) is 16.1. The monoisotopic (exact) mass is 350 g/mol. The second kappa shape index (κ2) is 9.91. The Kier molecular flexibility index (Phi) is 8.25. The summed E-state index contributed by atoms with van der Waals surface area (Å²) in [5, 5.41) is 2.77. The molecule has 0 aliphatic carbocycles. The van der Waals surface area contributed by atoms with Crippen LogP contribution in [0.2, 0.25) is 0 Å². The van der Waals surface area contributed by atoms with Gasteiger partial charge in [0.2, 0.25) is 5.91 Å². The number of rotatable bonds is 9. The van der Waals surface area contributed by atoms with Crippen molar-refractivity contribution in [3.05, 3.63) is 23.8 Å². The Balaban J connectivity index is 2.87. The summed E-state index contributed by atoms with van der Waals surface area (Å²) in [5.74, 6) is 1.12. The fourth-order valence-corrected chi connectivity index (χ4v) is 2.16. The Morgan fingerprint density at radius 2 is 1.80 bits per heavy atom. The van der Waals surface area contributed by atoms with E-state index in [9.17, 15) is 9.59 Å². The largest absolute Gasteiger partial charge is 0.490 e. The zero-order valence-electron chi connectivity index (χ0n) is 16.1. The minimum Gasteiger partial charge on any atom is -0.490 e. The van der Waals surface area contributed by atoms with Crippen LogP contribution in [0.25, 0.3) is 0 Å². The molecule has 0 saturated carbocycles. The van der Waals surface area contributed by atoms with Gasteiger partial charge in [0.05, 0.1) is 19.8 Å². The highest BCUT2D eigenvalue weighted by molar-refractivity contribution is 5.96. The average molecular weight is 350 g/mol. The van der Waals surface area contributed by atoms with Gasteiger partial charge in [0.1, 0.15) is 0 Å². The van der Waals surface area contributed by atoms with E-state index in [1.54, 1.807) is 25.2 Å². The van der Waals surface area contributed by atoms with E-state index >= 15 is 0 Å². The molecule has 6 nitrogen and oxygen atoms in total. The first kappa shape index (κ1) is 20.8. The fraction of sp³-hybridized carbons (Fsp3) is 0.579. The summed E-state index contributed by atoms with van der Waals surface area (Å²) in [7, 11) is 1.60. The molecule has 0 aliphatic rings. The maximum Gasteiger partial charge on any atom is 0.254 e. The third-order valence-corrected chi connectivity index (χ3v) is 3.24. The highest BCUT2D eigenvalue weighted by atomic mass is 16.5. The van der Waals surface area contributed by atoms with E-state index in [0.717, 1.165) is 0 Å². The average Bonchev–Trinajstić information content (AvgIpc) is 2.52. The molecule has 1 rings (SSSR count). The lowest BCUT2D eigenvalue weighted by Gasteiger charge is -2.19. The molecule has 0 aliphatic heterocycles. The van der Waals surface area contributed by atoms with Crippen molar-refractivity contribution in [1.82, 2.24) is 10.2 Å². The van der Waals surface area contributed by atoms with Crippen LogP contribution in [0.3, 0.4) is 0 Å². The van der Waals surface area contributed by atoms with Crippen LogP contribution < -0.4 is 14.8 Å². The number of hydrogen-bond acceptors (Lipinski definition) is 4. The molecule has 25 heavy (non-hydrogen) atoms. The standard InChI is InChI=1S/C19H30N2O4/c1-7-24-17-10-15(8-9-16(17)25-12-13(2)3)19(23)21(6)11-18(22)20-14(4)5/h8-10,13-14H,7,11-12H2,1-6H3,(H,20,22). The highest BCUT2D eigenvalue weighted by Crippen LogP contribution is 2.29.